The van der Waals surface area contributed by atoms with Gasteiger partial charge in [-0.25, -0.2) is 4.79 Å². The zero-order valence-corrected chi connectivity index (χ0v) is 7.98. The van der Waals surface area contributed by atoms with Crippen LogP contribution in [0.2, 0.25) is 0 Å². The highest BCUT2D eigenvalue weighted by Crippen LogP contribution is 2.02. The van der Waals surface area contributed by atoms with E-state index in [4.69, 9.17) is 0 Å². The lowest BCUT2D eigenvalue weighted by molar-refractivity contribution is 0.313. The molecule has 1 radical (unpaired) electrons. The van der Waals surface area contributed by atoms with Crippen molar-refractivity contribution in [2.75, 3.05) is 6.61 Å². The van der Waals surface area contributed by atoms with Crippen LogP contribution in [0.3, 0.4) is 0 Å². The predicted octanol–water partition coefficient (Wildman–Crippen LogP) is 2.26. The van der Waals surface area contributed by atoms with Gasteiger partial charge in [0.2, 0.25) is 0 Å². The lowest BCUT2D eigenvalue weighted by Crippen LogP contribution is -1.86. The molecule has 0 saturated carbocycles. The van der Waals surface area contributed by atoms with E-state index in [0.717, 1.165) is 12.8 Å². The van der Waals surface area contributed by atoms with E-state index >= 15 is 0 Å². The molecule has 0 atom stereocenters. The van der Waals surface area contributed by atoms with Gasteiger partial charge in [-0.05, 0) is 18.4 Å². The molecule has 0 aliphatic rings. The smallest absolute Gasteiger partial charge is 0.417 e. The lowest BCUT2D eigenvalue weighted by atomic mass is 10.1. The van der Waals surface area contributed by atoms with Crippen LogP contribution in [0.15, 0.2) is 42.5 Å². The summed E-state index contributed by atoms with van der Waals surface area (Å²) in [5, 5.41) is 0. The number of hydrogen-bond acceptors (Lipinski definition) is 2. The minimum absolute atomic E-state index is 0.318. The Labute approximate surface area is 84.2 Å². The van der Waals surface area contributed by atoms with Crippen molar-refractivity contribution in [1.29, 1.82) is 0 Å². The van der Waals surface area contributed by atoms with E-state index in [0.29, 0.717) is 6.61 Å². The maximum atomic E-state index is 9.68. The SMILES string of the molecule is O=[C]OC/C=C/CCc1ccccc1. The summed E-state index contributed by atoms with van der Waals surface area (Å²) >= 11 is 0. The van der Waals surface area contributed by atoms with E-state index in [1.807, 2.05) is 30.4 Å². The second-order valence-corrected chi connectivity index (χ2v) is 2.89. The summed E-state index contributed by atoms with van der Waals surface area (Å²) in [5.74, 6) is 0. The summed E-state index contributed by atoms with van der Waals surface area (Å²) < 4.78 is 4.39. The third-order valence-corrected chi connectivity index (χ3v) is 1.85. The average molecular weight is 189 g/mol. The number of rotatable bonds is 6. The highest BCUT2D eigenvalue weighted by Gasteiger charge is 1.87. The fourth-order valence-corrected chi connectivity index (χ4v) is 1.16. The molecule has 0 bridgehead atoms. The van der Waals surface area contributed by atoms with Crippen LogP contribution in [-0.4, -0.2) is 13.1 Å². The van der Waals surface area contributed by atoms with Crippen LogP contribution in [-0.2, 0) is 16.0 Å². The third kappa shape index (κ3) is 4.45. The van der Waals surface area contributed by atoms with E-state index in [2.05, 4.69) is 16.9 Å². The molecule has 1 rings (SSSR count). The van der Waals surface area contributed by atoms with Gasteiger partial charge >= 0.3 is 6.47 Å². The molecule has 0 aliphatic carbocycles. The number of allylic oxidation sites excluding steroid dienone is 1. The molecule has 2 heteroatoms. The second kappa shape index (κ2) is 6.89. The van der Waals surface area contributed by atoms with Gasteiger partial charge in [-0.15, -0.1) is 0 Å². The van der Waals surface area contributed by atoms with E-state index in [1.165, 1.54) is 12.0 Å². The summed E-state index contributed by atoms with van der Waals surface area (Å²) in [6, 6.07) is 10.3. The number of carbonyl (C=O) groups excluding carboxylic acids is 1. The number of aryl methyl sites for hydroxylation is 1. The summed E-state index contributed by atoms with van der Waals surface area (Å²) in [7, 11) is 0. The molecular weight excluding hydrogens is 176 g/mol. The molecule has 0 unspecified atom stereocenters. The summed E-state index contributed by atoms with van der Waals surface area (Å²) in [4.78, 5) is 9.68. The highest BCUT2D eigenvalue weighted by molar-refractivity contribution is 5.38. The quantitative estimate of drug-likeness (QED) is 0.507. The van der Waals surface area contributed by atoms with E-state index < -0.39 is 0 Å². The first-order valence-electron chi connectivity index (χ1n) is 4.61. The molecule has 0 saturated heterocycles. The molecule has 1 aromatic rings. The zero-order valence-electron chi connectivity index (χ0n) is 7.98. The molecule has 1 aromatic carbocycles. The molecule has 0 N–H and O–H groups in total. The maximum absolute atomic E-state index is 9.68. The molecule has 0 fully saturated rings. The Morgan fingerprint density at radius 1 is 1.21 bits per heavy atom. The van der Waals surface area contributed by atoms with Crippen molar-refractivity contribution in [3.63, 3.8) is 0 Å². The molecule has 0 aliphatic heterocycles. The normalized spacial score (nSPS) is 10.3. The molecule has 73 valence electrons. The zero-order chi connectivity index (χ0) is 10.1. The third-order valence-electron chi connectivity index (χ3n) is 1.85. The van der Waals surface area contributed by atoms with E-state index in [1.54, 1.807) is 0 Å². The number of ether oxygens (including phenoxy) is 1. The molecular formula is C12H13O2. The monoisotopic (exact) mass is 189 g/mol. The Balaban J connectivity index is 2.15. The van der Waals surface area contributed by atoms with Crippen LogP contribution in [0.25, 0.3) is 0 Å². The largest absolute Gasteiger partial charge is 0.453 e. The van der Waals surface area contributed by atoms with Gasteiger partial charge in [0, 0.05) is 0 Å². The van der Waals surface area contributed by atoms with Gasteiger partial charge in [-0.2, -0.15) is 0 Å². The fourth-order valence-electron chi connectivity index (χ4n) is 1.16. The molecule has 0 aromatic heterocycles. The van der Waals surface area contributed by atoms with Crippen molar-refractivity contribution < 1.29 is 9.53 Å². The number of benzene rings is 1. The van der Waals surface area contributed by atoms with Crippen molar-refractivity contribution in [1.82, 2.24) is 0 Å². The van der Waals surface area contributed by atoms with Gasteiger partial charge in [0.15, 0.2) is 0 Å². The Morgan fingerprint density at radius 3 is 2.71 bits per heavy atom. The van der Waals surface area contributed by atoms with E-state index in [9.17, 15) is 4.79 Å². The van der Waals surface area contributed by atoms with Gasteiger partial charge in [-0.1, -0.05) is 42.5 Å². The van der Waals surface area contributed by atoms with Crippen LogP contribution in [0, 0.1) is 0 Å². The lowest BCUT2D eigenvalue weighted by Gasteiger charge is -1.96. The van der Waals surface area contributed by atoms with Crippen molar-refractivity contribution in [3.8, 4) is 0 Å². The van der Waals surface area contributed by atoms with Crippen LogP contribution in [0.5, 0.6) is 0 Å². The molecule has 0 heterocycles. The van der Waals surface area contributed by atoms with Crippen molar-refractivity contribution in [3.05, 3.63) is 48.0 Å². The molecule has 0 amide bonds. The van der Waals surface area contributed by atoms with Crippen LogP contribution >= 0.6 is 0 Å². The second-order valence-electron chi connectivity index (χ2n) is 2.89. The topological polar surface area (TPSA) is 26.3 Å². The van der Waals surface area contributed by atoms with Crippen LogP contribution < -0.4 is 0 Å². The standard InChI is InChI=1S/C12H13O2/c13-11-14-10-6-2-5-9-12-7-3-1-4-8-12/h1-4,6-8H,5,9-10H2/b6-2+. The van der Waals surface area contributed by atoms with E-state index in [-0.39, 0.29) is 0 Å². The minimum Gasteiger partial charge on any atom is -0.453 e. The Bertz CT molecular complexity index is 278. The summed E-state index contributed by atoms with van der Waals surface area (Å²) in [6.07, 6.45) is 5.81. The van der Waals surface area contributed by atoms with Crippen LogP contribution in [0.1, 0.15) is 12.0 Å². The Morgan fingerprint density at radius 2 is 2.00 bits per heavy atom. The summed E-state index contributed by atoms with van der Waals surface area (Å²) in [5.41, 5.74) is 1.32. The highest BCUT2D eigenvalue weighted by atomic mass is 16.5. The molecule has 2 nitrogen and oxygen atoms in total. The minimum atomic E-state index is 0.318. The van der Waals surface area contributed by atoms with Gasteiger partial charge in [0.1, 0.15) is 6.61 Å². The first kappa shape index (κ1) is 10.5. The molecule has 0 spiro atoms. The van der Waals surface area contributed by atoms with Crippen LogP contribution in [0.4, 0.5) is 0 Å². The number of hydrogen-bond donors (Lipinski definition) is 0. The van der Waals surface area contributed by atoms with Crippen molar-refractivity contribution in [2.24, 2.45) is 0 Å². The van der Waals surface area contributed by atoms with Gasteiger partial charge < -0.3 is 4.74 Å². The predicted molar refractivity (Wildman–Crippen MR) is 55.5 cm³/mol. The van der Waals surface area contributed by atoms with Gasteiger partial charge in [-0.3, -0.25) is 0 Å². The average Bonchev–Trinajstić information content (AvgIpc) is 2.25. The Kier molecular flexibility index (Phi) is 5.18. The van der Waals surface area contributed by atoms with Gasteiger partial charge in [0.25, 0.3) is 0 Å². The maximum Gasteiger partial charge on any atom is 0.417 e. The fraction of sp³-hybridized carbons (Fsp3) is 0.250. The first-order chi connectivity index (χ1) is 6.93. The van der Waals surface area contributed by atoms with Crippen molar-refractivity contribution in [2.45, 2.75) is 12.8 Å². The molecule has 14 heavy (non-hydrogen) atoms. The summed E-state index contributed by atoms with van der Waals surface area (Å²) in [6.45, 7) is 1.69. The Hall–Kier alpha value is -1.57. The first-order valence-corrected chi connectivity index (χ1v) is 4.61. The van der Waals surface area contributed by atoms with Crippen molar-refractivity contribution >= 4 is 6.47 Å². The van der Waals surface area contributed by atoms with Gasteiger partial charge in [0.05, 0.1) is 0 Å².